The summed E-state index contributed by atoms with van der Waals surface area (Å²) in [7, 11) is 1.95. The van der Waals surface area contributed by atoms with E-state index in [0.29, 0.717) is 17.6 Å². The normalized spacial score (nSPS) is 18.5. The largest absolute Gasteiger partial charge is 0.427 e. The van der Waals surface area contributed by atoms with Crippen LogP contribution in [0.2, 0.25) is 0 Å². The summed E-state index contributed by atoms with van der Waals surface area (Å²) >= 11 is 0.739. The zero-order chi connectivity index (χ0) is 13.2. The first-order chi connectivity index (χ1) is 8.47. The van der Waals surface area contributed by atoms with E-state index in [1.54, 1.807) is 0 Å². The van der Waals surface area contributed by atoms with Crippen molar-refractivity contribution in [3.63, 3.8) is 0 Å². The molecule has 0 radical (unpaired) electrons. The van der Waals surface area contributed by atoms with Gasteiger partial charge in [-0.25, -0.2) is 4.98 Å². The van der Waals surface area contributed by atoms with E-state index in [2.05, 4.69) is 15.2 Å². The van der Waals surface area contributed by atoms with Crippen molar-refractivity contribution in [3.05, 3.63) is 16.1 Å². The van der Waals surface area contributed by atoms with E-state index >= 15 is 0 Å². The molecule has 0 unspecified atom stereocenters. The predicted molar refractivity (Wildman–Crippen MR) is 64.5 cm³/mol. The fourth-order valence-corrected chi connectivity index (χ4v) is 2.95. The summed E-state index contributed by atoms with van der Waals surface area (Å²) < 4.78 is 37.3. The highest BCUT2D eigenvalue weighted by molar-refractivity contribution is 7.11. The van der Waals surface area contributed by atoms with Gasteiger partial charge in [0.15, 0.2) is 0 Å². The van der Waals surface area contributed by atoms with Crippen LogP contribution in [0.1, 0.15) is 22.7 Å². The lowest BCUT2D eigenvalue weighted by molar-refractivity contribution is -0.134. The summed E-state index contributed by atoms with van der Waals surface area (Å²) in [5.74, 6) is 0. The minimum absolute atomic E-state index is 0.435. The Morgan fingerprint density at radius 2 is 2.11 bits per heavy atom. The Morgan fingerprint density at radius 3 is 2.67 bits per heavy atom. The highest BCUT2D eigenvalue weighted by Crippen LogP contribution is 2.33. The van der Waals surface area contributed by atoms with Gasteiger partial charge in [-0.15, -0.1) is 11.3 Å². The van der Waals surface area contributed by atoms with E-state index in [1.165, 1.54) is 0 Å². The van der Waals surface area contributed by atoms with E-state index in [0.717, 1.165) is 43.5 Å². The Kier molecular flexibility index (Phi) is 4.24. The fraction of sp³-hybridized carbons (Fsp3) is 0.727. The molecule has 0 amide bonds. The molecule has 1 fully saturated rings. The second kappa shape index (κ2) is 5.54. The molecular formula is C11H16F3N3S. The topological polar surface area (TPSA) is 28.2 Å². The van der Waals surface area contributed by atoms with Gasteiger partial charge in [-0.1, -0.05) is 0 Å². The summed E-state index contributed by atoms with van der Waals surface area (Å²) in [5, 5.41) is 3.80. The van der Waals surface area contributed by atoms with Crippen LogP contribution in [0.5, 0.6) is 0 Å². The van der Waals surface area contributed by atoms with Crippen LogP contribution in [0.15, 0.2) is 6.20 Å². The van der Waals surface area contributed by atoms with E-state index in [9.17, 15) is 13.2 Å². The van der Waals surface area contributed by atoms with Gasteiger partial charge < -0.3 is 5.32 Å². The number of nitrogens with one attached hydrogen (secondary N) is 1. The first kappa shape index (κ1) is 13.8. The lowest BCUT2D eigenvalue weighted by Gasteiger charge is -2.30. The van der Waals surface area contributed by atoms with Gasteiger partial charge in [-0.2, -0.15) is 13.2 Å². The van der Waals surface area contributed by atoms with Gasteiger partial charge in [0.05, 0.1) is 12.7 Å². The number of rotatable bonds is 3. The molecule has 1 aromatic rings. The van der Waals surface area contributed by atoms with Crippen LogP contribution in [0.25, 0.3) is 0 Å². The molecule has 2 rings (SSSR count). The van der Waals surface area contributed by atoms with E-state index < -0.39 is 11.1 Å². The van der Waals surface area contributed by atoms with Crippen molar-refractivity contribution < 1.29 is 13.2 Å². The van der Waals surface area contributed by atoms with Crippen molar-refractivity contribution >= 4 is 11.3 Å². The monoisotopic (exact) mass is 279 g/mol. The number of piperidine rings is 1. The van der Waals surface area contributed by atoms with Gasteiger partial charge in [-0.05, 0) is 33.0 Å². The predicted octanol–water partition coefficient (Wildman–Crippen LogP) is 2.35. The summed E-state index contributed by atoms with van der Waals surface area (Å²) in [5.41, 5.74) is 0. The maximum absolute atomic E-state index is 12.4. The quantitative estimate of drug-likeness (QED) is 0.920. The minimum Gasteiger partial charge on any atom is -0.317 e. The molecule has 0 saturated carbocycles. The highest BCUT2D eigenvalue weighted by Gasteiger charge is 2.33. The molecule has 1 aromatic heterocycles. The molecular weight excluding hydrogens is 263 g/mol. The van der Waals surface area contributed by atoms with Gasteiger partial charge in [0.1, 0.15) is 9.88 Å². The zero-order valence-electron chi connectivity index (χ0n) is 10.1. The van der Waals surface area contributed by atoms with E-state index in [-0.39, 0.29) is 0 Å². The molecule has 0 atom stereocenters. The lowest BCUT2D eigenvalue weighted by Crippen LogP contribution is -2.40. The summed E-state index contributed by atoms with van der Waals surface area (Å²) in [6, 6.07) is 0.435. The van der Waals surface area contributed by atoms with Crippen LogP contribution in [0.3, 0.4) is 0 Å². The average molecular weight is 279 g/mol. The van der Waals surface area contributed by atoms with Gasteiger partial charge in [0.2, 0.25) is 0 Å². The van der Waals surface area contributed by atoms with Crippen molar-refractivity contribution in [2.75, 3.05) is 20.1 Å². The van der Waals surface area contributed by atoms with E-state index in [4.69, 9.17) is 0 Å². The molecule has 7 heteroatoms. The molecule has 0 aromatic carbocycles. The number of aromatic nitrogens is 1. The molecule has 2 heterocycles. The Morgan fingerprint density at radius 1 is 1.44 bits per heavy atom. The van der Waals surface area contributed by atoms with Crippen LogP contribution >= 0.6 is 11.3 Å². The van der Waals surface area contributed by atoms with Crippen molar-refractivity contribution in [3.8, 4) is 0 Å². The molecule has 0 aliphatic carbocycles. The van der Waals surface area contributed by atoms with Crippen molar-refractivity contribution in [1.29, 1.82) is 0 Å². The number of alkyl halides is 3. The molecule has 3 nitrogen and oxygen atoms in total. The van der Waals surface area contributed by atoms with Gasteiger partial charge in [0, 0.05) is 6.04 Å². The summed E-state index contributed by atoms with van der Waals surface area (Å²) in [4.78, 5) is 5.34. The molecule has 0 spiro atoms. The first-order valence-corrected chi connectivity index (χ1v) is 6.71. The Bertz CT molecular complexity index is 385. The van der Waals surface area contributed by atoms with Crippen LogP contribution in [0, 0.1) is 0 Å². The van der Waals surface area contributed by atoms with Gasteiger partial charge in [0.25, 0.3) is 0 Å². The third-order valence-corrected chi connectivity index (χ3v) is 4.18. The molecule has 102 valence electrons. The van der Waals surface area contributed by atoms with E-state index in [1.807, 2.05) is 7.05 Å². The van der Waals surface area contributed by atoms with Crippen LogP contribution in [0.4, 0.5) is 13.2 Å². The molecule has 1 aliphatic rings. The number of nitrogens with zero attached hydrogens (tertiary/aromatic N) is 2. The SMILES string of the molecule is CN(Cc1ncc(C(F)(F)F)s1)C1CCNCC1. The van der Waals surface area contributed by atoms with Gasteiger partial charge in [-0.3, -0.25) is 4.90 Å². The lowest BCUT2D eigenvalue weighted by atomic mass is 10.1. The number of thiazole rings is 1. The molecule has 0 bridgehead atoms. The number of hydrogen-bond donors (Lipinski definition) is 1. The second-order valence-corrected chi connectivity index (χ2v) is 5.63. The molecule has 1 N–H and O–H groups in total. The van der Waals surface area contributed by atoms with Crippen LogP contribution < -0.4 is 5.32 Å². The second-order valence-electron chi connectivity index (χ2n) is 4.51. The first-order valence-electron chi connectivity index (χ1n) is 5.89. The van der Waals surface area contributed by atoms with Crippen molar-refractivity contribution in [2.45, 2.75) is 31.6 Å². The summed E-state index contributed by atoms with van der Waals surface area (Å²) in [6.07, 6.45) is -1.28. The maximum atomic E-state index is 12.4. The molecule has 1 saturated heterocycles. The highest BCUT2D eigenvalue weighted by atomic mass is 32.1. The Balaban J connectivity index is 1.94. The average Bonchev–Trinajstić information content (AvgIpc) is 2.78. The van der Waals surface area contributed by atoms with Crippen molar-refractivity contribution in [2.24, 2.45) is 0 Å². The van der Waals surface area contributed by atoms with Crippen LogP contribution in [-0.4, -0.2) is 36.1 Å². The Labute approximate surface area is 108 Å². The maximum Gasteiger partial charge on any atom is 0.427 e. The van der Waals surface area contributed by atoms with Gasteiger partial charge >= 0.3 is 6.18 Å². The fourth-order valence-electron chi connectivity index (χ4n) is 2.10. The number of halogens is 3. The smallest absolute Gasteiger partial charge is 0.317 e. The summed E-state index contributed by atoms with van der Waals surface area (Å²) in [6.45, 7) is 2.44. The molecule has 1 aliphatic heterocycles. The number of hydrogen-bond acceptors (Lipinski definition) is 4. The Hall–Kier alpha value is -0.660. The van der Waals surface area contributed by atoms with Crippen molar-refractivity contribution in [1.82, 2.24) is 15.2 Å². The minimum atomic E-state index is -4.27. The molecule has 18 heavy (non-hydrogen) atoms. The van der Waals surface area contributed by atoms with Crippen LogP contribution in [-0.2, 0) is 12.7 Å². The third kappa shape index (κ3) is 3.43. The standard InChI is InChI=1S/C11H16F3N3S/c1-17(8-2-4-15-5-3-8)7-10-16-6-9(18-10)11(12,13)14/h6,8,15H,2-5,7H2,1H3. The third-order valence-electron chi connectivity index (χ3n) is 3.15. The zero-order valence-corrected chi connectivity index (χ0v) is 10.9.